The van der Waals surface area contributed by atoms with Gasteiger partial charge in [0, 0.05) is 30.9 Å². The molecule has 26 heavy (non-hydrogen) atoms. The second kappa shape index (κ2) is 5.72. The van der Waals surface area contributed by atoms with Crippen LogP contribution >= 0.6 is 15.9 Å². The Balaban J connectivity index is 1.44. The number of rotatable bonds is 1. The number of hydrogen-bond acceptors (Lipinski definition) is 6. The highest BCUT2D eigenvalue weighted by molar-refractivity contribution is 9.10. The third kappa shape index (κ3) is 2.21. The van der Waals surface area contributed by atoms with Gasteiger partial charge in [0.05, 0.1) is 29.3 Å². The third-order valence-corrected chi connectivity index (χ3v) is 6.88. The average Bonchev–Trinajstić information content (AvgIpc) is 3.24. The average molecular weight is 414 g/mol. The Morgan fingerprint density at radius 1 is 1.19 bits per heavy atom. The predicted octanol–water partition coefficient (Wildman–Crippen LogP) is 2.43. The fourth-order valence-corrected chi connectivity index (χ4v) is 4.81. The maximum atomic E-state index is 6.60. The van der Waals surface area contributed by atoms with Crippen molar-refractivity contribution in [1.29, 1.82) is 0 Å². The molecule has 4 heterocycles. The van der Waals surface area contributed by atoms with Crippen LogP contribution in [0.2, 0.25) is 0 Å². The molecule has 0 amide bonds. The van der Waals surface area contributed by atoms with Crippen molar-refractivity contribution in [2.75, 3.05) is 18.0 Å². The Bertz CT molecular complexity index is 990. The van der Waals surface area contributed by atoms with Crippen molar-refractivity contribution in [3.05, 3.63) is 46.3 Å². The second-order valence-corrected chi connectivity index (χ2v) is 8.08. The van der Waals surface area contributed by atoms with Crippen LogP contribution in [0.4, 0.5) is 5.82 Å². The minimum atomic E-state index is -0.0250. The van der Waals surface area contributed by atoms with Gasteiger partial charge in [0.25, 0.3) is 0 Å². The van der Waals surface area contributed by atoms with E-state index < -0.39 is 0 Å². The van der Waals surface area contributed by atoms with Gasteiger partial charge in [-0.1, -0.05) is 0 Å². The molecule has 2 N–H and O–H groups in total. The summed E-state index contributed by atoms with van der Waals surface area (Å²) in [5.41, 5.74) is 10.7. The number of aromatic nitrogens is 5. The first-order chi connectivity index (χ1) is 12.6. The molecule has 1 saturated heterocycles. The Morgan fingerprint density at radius 3 is 2.73 bits per heavy atom. The van der Waals surface area contributed by atoms with Gasteiger partial charge in [-0.15, -0.1) is 0 Å². The van der Waals surface area contributed by atoms with Gasteiger partial charge in [-0.2, -0.15) is 5.10 Å². The lowest BCUT2D eigenvalue weighted by Gasteiger charge is -2.42. The summed E-state index contributed by atoms with van der Waals surface area (Å²) in [6.07, 6.45) is 8.30. The molecule has 0 aromatic carbocycles. The summed E-state index contributed by atoms with van der Waals surface area (Å²) < 4.78 is 2.81. The normalized spacial score (nSPS) is 21.5. The predicted molar refractivity (Wildman–Crippen MR) is 102 cm³/mol. The maximum absolute atomic E-state index is 6.60. The van der Waals surface area contributed by atoms with Crippen molar-refractivity contribution < 1.29 is 0 Å². The van der Waals surface area contributed by atoms with Gasteiger partial charge in [0.2, 0.25) is 0 Å². The second-order valence-electron chi connectivity index (χ2n) is 7.33. The van der Waals surface area contributed by atoms with Crippen molar-refractivity contribution in [1.82, 2.24) is 24.6 Å². The Labute approximate surface area is 159 Å². The minimum absolute atomic E-state index is 0.0250. The van der Waals surface area contributed by atoms with Gasteiger partial charge in [-0.25, -0.2) is 9.50 Å². The Kier molecular flexibility index (Phi) is 3.55. The van der Waals surface area contributed by atoms with Crippen molar-refractivity contribution in [3.63, 3.8) is 0 Å². The van der Waals surface area contributed by atoms with Crippen LogP contribution in [0.15, 0.2) is 29.3 Å². The first-order valence-corrected chi connectivity index (χ1v) is 9.68. The van der Waals surface area contributed by atoms with Crippen molar-refractivity contribution >= 4 is 27.3 Å². The molecule has 3 aromatic heterocycles. The molecule has 0 unspecified atom stereocenters. The highest BCUT2D eigenvalue weighted by atomic mass is 79.9. The van der Waals surface area contributed by atoms with Gasteiger partial charge in [0.1, 0.15) is 10.1 Å². The molecule has 1 aliphatic heterocycles. The van der Waals surface area contributed by atoms with Crippen LogP contribution in [0.5, 0.6) is 0 Å². The molecular formula is C18H20BrN7. The fourth-order valence-electron chi connectivity index (χ4n) is 4.44. The van der Waals surface area contributed by atoms with Gasteiger partial charge in [0.15, 0.2) is 5.82 Å². The standard InChI is InChI=1S/C18H20BrN7/c1-11-16(19)26-13(2-5-23-26)17(24-11)25-8-3-18(4-9-25)10-12-14(15(18)20)22-7-6-21-12/h2,5-7,15H,3-4,8-10,20H2,1H3/t15-/m1/s1. The molecule has 7 nitrogen and oxygen atoms in total. The number of fused-ring (bicyclic) bond motifs is 2. The van der Waals surface area contributed by atoms with E-state index in [1.165, 1.54) is 0 Å². The van der Waals surface area contributed by atoms with E-state index in [0.717, 1.165) is 65.4 Å². The van der Waals surface area contributed by atoms with Crippen molar-refractivity contribution in [2.24, 2.45) is 11.1 Å². The molecule has 1 atom stereocenters. The van der Waals surface area contributed by atoms with Crippen LogP contribution in [0.3, 0.4) is 0 Å². The Morgan fingerprint density at radius 2 is 1.96 bits per heavy atom. The Hall–Kier alpha value is -2.06. The number of hydrogen-bond donors (Lipinski definition) is 1. The number of piperidine rings is 1. The van der Waals surface area contributed by atoms with Crippen LogP contribution < -0.4 is 10.6 Å². The number of nitrogens with zero attached hydrogens (tertiary/aromatic N) is 6. The summed E-state index contributed by atoms with van der Waals surface area (Å²) in [5, 5.41) is 4.41. The lowest BCUT2D eigenvalue weighted by atomic mass is 9.73. The zero-order chi connectivity index (χ0) is 17.9. The molecule has 3 aromatic rings. The zero-order valence-corrected chi connectivity index (χ0v) is 16.1. The van der Waals surface area contributed by atoms with Crippen LogP contribution in [0, 0.1) is 12.3 Å². The van der Waals surface area contributed by atoms with E-state index in [2.05, 4.69) is 35.9 Å². The van der Waals surface area contributed by atoms with E-state index in [1.54, 1.807) is 12.4 Å². The zero-order valence-electron chi connectivity index (χ0n) is 14.6. The summed E-state index contributed by atoms with van der Waals surface area (Å²) in [5.74, 6) is 0.999. The lowest BCUT2D eigenvalue weighted by Crippen LogP contribution is -2.45. The van der Waals surface area contributed by atoms with Crippen LogP contribution in [-0.2, 0) is 6.42 Å². The summed E-state index contributed by atoms with van der Waals surface area (Å²) in [6.45, 7) is 3.86. The lowest BCUT2D eigenvalue weighted by molar-refractivity contribution is 0.185. The summed E-state index contributed by atoms with van der Waals surface area (Å²) >= 11 is 3.58. The summed E-state index contributed by atoms with van der Waals surface area (Å²) in [4.78, 5) is 16.2. The van der Waals surface area contributed by atoms with Crippen LogP contribution in [-0.4, -0.2) is 37.7 Å². The van der Waals surface area contributed by atoms with Gasteiger partial charge in [-0.05, 0) is 48.2 Å². The van der Waals surface area contributed by atoms with Crippen LogP contribution in [0.25, 0.3) is 5.52 Å². The molecule has 0 bridgehead atoms. The third-order valence-electron chi connectivity index (χ3n) is 5.97. The first kappa shape index (κ1) is 16.1. The smallest absolute Gasteiger partial charge is 0.155 e. The first-order valence-electron chi connectivity index (χ1n) is 8.89. The molecule has 134 valence electrons. The molecule has 8 heteroatoms. The number of aryl methyl sites for hydroxylation is 1. The summed E-state index contributed by atoms with van der Waals surface area (Å²) in [7, 11) is 0. The van der Waals surface area contributed by atoms with E-state index in [4.69, 9.17) is 10.7 Å². The topological polar surface area (TPSA) is 85.2 Å². The van der Waals surface area contributed by atoms with E-state index >= 15 is 0 Å². The van der Waals surface area contributed by atoms with Crippen molar-refractivity contribution in [2.45, 2.75) is 32.2 Å². The minimum Gasteiger partial charge on any atom is -0.355 e. The highest BCUT2D eigenvalue weighted by Crippen LogP contribution is 2.49. The van der Waals surface area contributed by atoms with Gasteiger partial charge < -0.3 is 10.6 Å². The maximum Gasteiger partial charge on any atom is 0.155 e. The van der Waals surface area contributed by atoms with E-state index in [9.17, 15) is 0 Å². The number of halogens is 1. The SMILES string of the molecule is Cc1nc(N2CCC3(CC2)Cc2nccnc2[C@H]3N)c2ccnn2c1Br. The quantitative estimate of drug-likeness (QED) is 0.659. The fraction of sp³-hybridized carbons (Fsp3) is 0.444. The number of nitrogens with two attached hydrogens (primary N) is 1. The molecular weight excluding hydrogens is 394 g/mol. The molecule has 0 radical (unpaired) electrons. The molecule has 2 aliphatic rings. The molecule has 0 saturated carbocycles. The van der Waals surface area contributed by atoms with E-state index in [1.807, 2.05) is 23.7 Å². The molecule has 5 rings (SSSR count). The van der Waals surface area contributed by atoms with Gasteiger partial charge in [-0.3, -0.25) is 9.97 Å². The monoisotopic (exact) mass is 413 g/mol. The molecule has 1 fully saturated rings. The van der Waals surface area contributed by atoms with E-state index in [-0.39, 0.29) is 11.5 Å². The van der Waals surface area contributed by atoms with Crippen LogP contribution in [0.1, 0.15) is 36.0 Å². The summed E-state index contributed by atoms with van der Waals surface area (Å²) in [6, 6.07) is 1.99. The largest absolute Gasteiger partial charge is 0.355 e. The van der Waals surface area contributed by atoms with Gasteiger partial charge >= 0.3 is 0 Å². The van der Waals surface area contributed by atoms with Crippen molar-refractivity contribution in [3.8, 4) is 0 Å². The molecule has 1 spiro atoms. The van der Waals surface area contributed by atoms with E-state index in [0.29, 0.717) is 0 Å². The highest BCUT2D eigenvalue weighted by Gasteiger charge is 2.47. The molecule has 1 aliphatic carbocycles. The number of anilines is 1.